The molecule has 0 bridgehead atoms. The van der Waals surface area contributed by atoms with Crippen molar-refractivity contribution in [3.63, 3.8) is 0 Å². The number of unbranched alkanes of at least 4 members (excludes halogenated alkanes) is 1. The molecular weight excluding hydrogens is 175 g/mol. The third-order valence-corrected chi connectivity index (χ3v) is 1.59. The molecule has 0 fully saturated rings. The molecule has 0 aliphatic heterocycles. The lowest BCUT2D eigenvalue weighted by molar-refractivity contribution is -0.671. The Kier molecular flexibility index (Phi) is 12.7. The summed E-state index contributed by atoms with van der Waals surface area (Å²) >= 11 is 0. The zero-order valence-electron chi connectivity index (χ0n) is 8.13. The van der Waals surface area contributed by atoms with Crippen molar-refractivity contribution in [2.75, 3.05) is 0 Å². The number of hydrogen-bond acceptors (Lipinski definition) is 0. The summed E-state index contributed by atoms with van der Waals surface area (Å²) < 4.78 is 4.28. The highest BCUT2D eigenvalue weighted by Gasteiger charge is 1.96. The number of aryl methyl sites for hydroxylation is 2. The van der Waals surface area contributed by atoms with Gasteiger partial charge in [0, 0.05) is 0 Å². The molecule has 0 aliphatic rings. The quantitative estimate of drug-likeness (QED) is 0.447. The number of hydrogen-bond donors (Lipinski definition) is 0. The predicted octanol–water partition coefficient (Wildman–Crippen LogP) is -3.53. The highest BCUT2D eigenvalue weighted by molar-refractivity contribution is 4.65. The van der Waals surface area contributed by atoms with Gasteiger partial charge >= 0.3 is 0 Å². The van der Waals surface area contributed by atoms with Gasteiger partial charge in [-0.15, -0.1) is 0 Å². The van der Waals surface area contributed by atoms with E-state index in [1.54, 1.807) is 0 Å². The minimum atomic E-state index is 0. The van der Waals surface area contributed by atoms with Gasteiger partial charge in [0.25, 0.3) is 0 Å². The summed E-state index contributed by atoms with van der Waals surface area (Å²) in [5.41, 5.74) is 0. The molecule has 0 radical (unpaired) electrons. The van der Waals surface area contributed by atoms with Gasteiger partial charge in [-0.05, 0) is 6.42 Å². The molecule has 0 unspecified atom stereocenters. The van der Waals surface area contributed by atoms with E-state index in [2.05, 4.69) is 34.8 Å². The zero-order valence-corrected chi connectivity index (χ0v) is 8.13. The van der Waals surface area contributed by atoms with Crippen molar-refractivity contribution in [1.29, 1.82) is 0 Å². The first-order valence-corrected chi connectivity index (χ1v) is 3.84. The second-order valence-corrected chi connectivity index (χ2v) is 2.67. The number of halogens is 1. The number of rotatable bonds is 3. The molecule has 13 heavy (non-hydrogen) atoms. The van der Waals surface area contributed by atoms with Crippen LogP contribution in [0, 0.1) is 0 Å². The van der Waals surface area contributed by atoms with Crippen molar-refractivity contribution in [2.45, 2.75) is 26.3 Å². The molecule has 0 aliphatic carbocycles. The largest absolute Gasteiger partial charge is 1.00 e. The van der Waals surface area contributed by atoms with E-state index in [0.29, 0.717) is 0 Å². The third-order valence-electron chi connectivity index (χ3n) is 1.59. The Morgan fingerprint density at radius 3 is 2.31 bits per heavy atom. The van der Waals surface area contributed by atoms with E-state index in [1.807, 2.05) is 7.05 Å². The Labute approximate surface area is 77.8 Å². The van der Waals surface area contributed by atoms with Crippen LogP contribution in [0.4, 0.5) is 0 Å². The molecule has 0 aromatic carbocycles. The Balaban J connectivity index is -0.000000333. The van der Waals surface area contributed by atoms with Crippen LogP contribution in [0.5, 0.6) is 0 Å². The molecule has 80 valence electrons. The summed E-state index contributed by atoms with van der Waals surface area (Å²) in [5, 5.41) is 0. The van der Waals surface area contributed by atoms with E-state index in [1.165, 1.54) is 12.8 Å². The fourth-order valence-corrected chi connectivity index (χ4v) is 0.975. The van der Waals surface area contributed by atoms with Crippen LogP contribution in [0.3, 0.4) is 0 Å². The first-order chi connectivity index (χ1) is 4.83. The van der Waals surface area contributed by atoms with E-state index in [-0.39, 0.29) is 15.7 Å². The average Bonchev–Trinajstić information content (AvgIpc) is 2.31. The van der Waals surface area contributed by atoms with Gasteiger partial charge in [0.15, 0.2) is 0 Å². The second-order valence-electron chi connectivity index (χ2n) is 2.67. The van der Waals surface area contributed by atoms with Crippen LogP contribution in [-0.4, -0.2) is 15.5 Å². The van der Waals surface area contributed by atoms with E-state index in [9.17, 15) is 0 Å². The number of nitrogens with zero attached hydrogens (tertiary/aromatic N) is 2. The molecule has 0 saturated heterocycles. The molecule has 1 aromatic heterocycles. The summed E-state index contributed by atoms with van der Waals surface area (Å²) in [5.74, 6) is 0. The number of imidazole rings is 1. The summed E-state index contributed by atoms with van der Waals surface area (Å²) in [4.78, 5) is 0. The molecule has 0 spiro atoms. The van der Waals surface area contributed by atoms with Crippen LogP contribution in [0.15, 0.2) is 18.7 Å². The summed E-state index contributed by atoms with van der Waals surface area (Å²) in [7, 11) is 2.04. The van der Waals surface area contributed by atoms with Gasteiger partial charge < -0.3 is 15.7 Å². The molecule has 1 rings (SSSR count). The molecule has 4 nitrogen and oxygen atoms in total. The minimum absolute atomic E-state index is 0. The van der Waals surface area contributed by atoms with E-state index >= 15 is 0 Å². The lowest BCUT2D eigenvalue weighted by Gasteiger charge is -1.90. The van der Waals surface area contributed by atoms with Crippen LogP contribution in [0.2, 0.25) is 0 Å². The van der Waals surface area contributed by atoms with Gasteiger partial charge in [-0.3, -0.25) is 0 Å². The van der Waals surface area contributed by atoms with Crippen LogP contribution < -0.4 is 9.27 Å². The maximum absolute atomic E-state index is 2.21. The van der Waals surface area contributed by atoms with Gasteiger partial charge in [-0.1, -0.05) is 13.3 Å². The lowest BCUT2D eigenvalue weighted by atomic mass is 10.3. The number of aromatic nitrogens is 2. The molecule has 0 saturated carbocycles. The molecule has 0 amide bonds. The Hall–Kier alpha value is -0.940. The van der Waals surface area contributed by atoms with Gasteiger partial charge in [0.2, 0.25) is 6.33 Å². The standard InChI is InChI=1S/C8H15N2.FH.2H2O/c1-3-4-5-10-7-6-9(2)8-10;;;/h6-8H,3-5H2,1-2H3;1H;2*1H2/q+1;;;/p-1. The smallest absolute Gasteiger partial charge is 0.243 e. The molecule has 1 heterocycles. The van der Waals surface area contributed by atoms with Gasteiger partial charge in [-0.25, -0.2) is 9.13 Å². The first-order valence-electron chi connectivity index (χ1n) is 3.84. The van der Waals surface area contributed by atoms with E-state index in [0.717, 1.165) is 6.54 Å². The monoisotopic (exact) mass is 194 g/mol. The van der Waals surface area contributed by atoms with Gasteiger partial charge in [0.1, 0.15) is 12.4 Å². The van der Waals surface area contributed by atoms with Crippen molar-refractivity contribution >= 4 is 0 Å². The van der Waals surface area contributed by atoms with Crippen molar-refractivity contribution in [2.24, 2.45) is 7.05 Å². The maximum Gasteiger partial charge on any atom is 0.243 e. The Morgan fingerprint density at radius 2 is 1.92 bits per heavy atom. The second kappa shape index (κ2) is 9.15. The van der Waals surface area contributed by atoms with Crippen molar-refractivity contribution < 1.29 is 20.2 Å². The maximum atomic E-state index is 2.21. The average molecular weight is 194 g/mol. The molecule has 0 atom stereocenters. The van der Waals surface area contributed by atoms with Crippen LogP contribution in [0.25, 0.3) is 0 Å². The fourth-order valence-electron chi connectivity index (χ4n) is 0.975. The van der Waals surface area contributed by atoms with Crippen molar-refractivity contribution in [1.82, 2.24) is 4.57 Å². The highest BCUT2D eigenvalue weighted by atomic mass is 19.0. The topological polar surface area (TPSA) is 71.8 Å². The van der Waals surface area contributed by atoms with Crippen molar-refractivity contribution in [3.8, 4) is 0 Å². The van der Waals surface area contributed by atoms with Crippen molar-refractivity contribution in [3.05, 3.63) is 18.7 Å². The predicted molar refractivity (Wildman–Crippen MR) is 47.7 cm³/mol. The minimum Gasteiger partial charge on any atom is -1.00 e. The Bertz CT molecular complexity index is 204. The summed E-state index contributed by atoms with van der Waals surface area (Å²) in [6.45, 7) is 3.36. The van der Waals surface area contributed by atoms with Gasteiger partial charge in [0.05, 0.1) is 13.6 Å². The fraction of sp³-hybridized carbons (Fsp3) is 0.625. The zero-order chi connectivity index (χ0) is 7.40. The third kappa shape index (κ3) is 6.24. The normalized spacial score (nSPS) is 7.85. The highest BCUT2D eigenvalue weighted by Crippen LogP contribution is 1.91. The molecule has 5 heteroatoms. The summed E-state index contributed by atoms with van der Waals surface area (Å²) in [6, 6.07) is 0. The SMILES string of the molecule is CCCCn1cc[n+](C)c1.O.O.[F-]. The van der Waals surface area contributed by atoms with Crippen LogP contribution in [-0.2, 0) is 13.6 Å². The molecule has 1 aromatic rings. The van der Waals surface area contributed by atoms with E-state index in [4.69, 9.17) is 0 Å². The lowest BCUT2D eigenvalue weighted by Crippen LogP contribution is -3.00. The van der Waals surface area contributed by atoms with E-state index < -0.39 is 0 Å². The Morgan fingerprint density at radius 1 is 1.31 bits per heavy atom. The van der Waals surface area contributed by atoms with Crippen LogP contribution in [0.1, 0.15) is 19.8 Å². The summed E-state index contributed by atoms with van der Waals surface area (Å²) in [6.07, 6.45) is 8.82. The van der Waals surface area contributed by atoms with Gasteiger partial charge in [-0.2, -0.15) is 0 Å². The molecular formula is C8H19FN2O2. The van der Waals surface area contributed by atoms with Crippen LogP contribution >= 0.6 is 0 Å². The molecule has 4 N–H and O–H groups in total. The first kappa shape index (κ1) is 18.0.